The third kappa shape index (κ3) is 3.96. The molecule has 0 aliphatic heterocycles. The van der Waals surface area contributed by atoms with Gasteiger partial charge in [-0.2, -0.15) is 5.26 Å². The van der Waals surface area contributed by atoms with E-state index in [4.69, 9.17) is 0 Å². The molecule has 6 nitrogen and oxygen atoms in total. The molecular weight excluding hydrogens is 324 g/mol. The second kappa shape index (κ2) is 7.99. The largest absolute Gasteiger partial charge is 0.331 e. The predicted molar refractivity (Wildman–Crippen MR) is 95.1 cm³/mol. The fraction of sp³-hybridized carbons (Fsp3) is 0.353. The molecule has 0 aliphatic carbocycles. The first kappa shape index (κ1) is 18.0. The molecule has 1 aromatic heterocycles. The summed E-state index contributed by atoms with van der Waals surface area (Å²) in [5, 5.41) is 9.67. The fourth-order valence-electron chi connectivity index (χ4n) is 2.36. The summed E-state index contributed by atoms with van der Waals surface area (Å²) in [4.78, 5) is 26.2. The second-order valence-electron chi connectivity index (χ2n) is 5.57. The molecule has 0 radical (unpaired) electrons. The van der Waals surface area contributed by atoms with Gasteiger partial charge < -0.3 is 4.90 Å². The molecule has 7 heteroatoms. The quantitative estimate of drug-likeness (QED) is 0.581. The molecule has 0 aliphatic rings. The molecule has 2 rings (SSSR count). The molecule has 0 fully saturated rings. The Morgan fingerprint density at radius 1 is 1.17 bits per heavy atom. The molecule has 0 saturated carbocycles. The standard InChI is InChI=1S/C17H20N4O2S/c1-19(12-13-7-5-4-6-8-13)9-10-24-16-14(11-18)15(22)20(2)17(23)21(16)3/h4-8H,9-10,12H2,1-3H3. The lowest BCUT2D eigenvalue weighted by atomic mass is 10.2. The minimum Gasteiger partial charge on any atom is -0.301 e. The number of rotatable bonds is 6. The summed E-state index contributed by atoms with van der Waals surface area (Å²) in [7, 11) is 4.98. The lowest BCUT2D eigenvalue weighted by molar-refractivity contribution is 0.348. The van der Waals surface area contributed by atoms with Crippen LogP contribution >= 0.6 is 11.8 Å². The van der Waals surface area contributed by atoms with Crippen molar-refractivity contribution in [3.63, 3.8) is 0 Å². The van der Waals surface area contributed by atoms with Crippen molar-refractivity contribution in [1.82, 2.24) is 14.0 Å². The molecule has 24 heavy (non-hydrogen) atoms. The molecule has 0 amide bonds. The Bertz CT molecular complexity index is 865. The van der Waals surface area contributed by atoms with Gasteiger partial charge in [0.15, 0.2) is 0 Å². The number of nitrogens with zero attached hydrogens (tertiary/aromatic N) is 4. The van der Waals surface area contributed by atoms with E-state index in [1.807, 2.05) is 31.3 Å². The smallest absolute Gasteiger partial charge is 0.301 e. The van der Waals surface area contributed by atoms with E-state index in [0.717, 1.165) is 17.7 Å². The maximum absolute atomic E-state index is 12.0. The van der Waals surface area contributed by atoms with Crippen LogP contribution in [0.5, 0.6) is 0 Å². The van der Waals surface area contributed by atoms with Crippen LogP contribution in [0.2, 0.25) is 0 Å². The summed E-state index contributed by atoms with van der Waals surface area (Å²) in [5.74, 6) is 0.679. The molecule has 0 unspecified atom stereocenters. The number of thioether (sulfide) groups is 1. The Kier molecular flexibility index (Phi) is 6.01. The van der Waals surface area contributed by atoms with Gasteiger partial charge in [-0.1, -0.05) is 30.3 Å². The van der Waals surface area contributed by atoms with Gasteiger partial charge in [-0.05, 0) is 12.6 Å². The van der Waals surface area contributed by atoms with Crippen molar-refractivity contribution in [3.05, 3.63) is 62.3 Å². The highest BCUT2D eigenvalue weighted by molar-refractivity contribution is 7.99. The van der Waals surface area contributed by atoms with E-state index < -0.39 is 11.2 Å². The van der Waals surface area contributed by atoms with Crippen LogP contribution in [0.4, 0.5) is 0 Å². The number of benzene rings is 1. The zero-order valence-electron chi connectivity index (χ0n) is 14.0. The van der Waals surface area contributed by atoms with Crippen LogP contribution in [-0.2, 0) is 20.6 Å². The molecule has 2 aromatic rings. The highest BCUT2D eigenvalue weighted by Crippen LogP contribution is 2.18. The van der Waals surface area contributed by atoms with Crippen molar-refractivity contribution < 1.29 is 0 Å². The first-order chi connectivity index (χ1) is 11.5. The maximum atomic E-state index is 12.0. The molecular formula is C17H20N4O2S. The van der Waals surface area contributed by atoms with E-state index in [0.29, 0.717) is 10.8 Å². The number of nitriles is 1. The van der Waals surface area contributed by atoms with E-state index in [-0.39, 0.29) is 5.56 Å². The molecule has 0 bridgehead atoms. The summed E-state index contributed by atoms with van der Waals surface area (Å²) >= 11 is 1.36. The van der Waals surface area contributed by atoms with Crippen molar-refractivity contribution in [1.29, 1.82) is 5.26 Å². The van der Waals surface area contributed by atoms with Gasteiger partial charge in [0.25, 0.3) is 5.56 Å². The van der Waals surface area contributed by atoms with Gasteiger partial charge in [0, 0.05) is 32.9 Å². The Morgan fingerprint density at radius 3 is 2.46 bits per heavy atom. The number of hydrogen-bond donors (Lipinski definition) is 0. The molecule has 0 N–H and O–H groups in total. The summed E-state index contributed by atoms with van der Waals surface area (Å²) in [6.45, 7) is 1.59. The SMILES string of the molecule is CN(CCSc1c(C#N)c(=O)n(C)c(=O)n1C)Cc1ccccc1. The van der Waals surface area contributed by atoms with E-state index in [1.165, 1.54) is 28.9 Å². The summed E-state index contributed by atoms with van der Waals surface area (Å²) in [6.07, 6.45) is 0. The Hall–Kier alpha value is -2.30. The average molecular weight is 344 g/mol. The van der Waals surface area contributed by atoms with Crippen molar-refractivity contribution >= 4 is 11.8 Å². The zero-order valence-corrected chi connectivity index (χ0v) is 14.8. The van der Waals surface area contributed by atoms with Crippen LogP contribution in [-0.4, -0.2) is 33.4 Å². The fourth-order valence-corrected chi connectivity index (χ4v) is 3.51. The van der Waals surface area contributed by atoms with Crippen LogP contribution in [0, 0.1) is 11.3 Å². The van der Waals surface area contributed by atoms with Gasteiger partial charge in [0.2, 0.25) is 0 Å². The van der Waals surface area contributed by atoms with Crippen LogP contribution in [0.3, 0.4) is 0 Å². The highest BCUT2D eigenvalue weighted by Gasteiger charge is 2.15. The Labute approximate surface area is 145 Å². The second-order valence-corrected chi connectivity index (χ2v) is 6.65. The summed E-state index contributed by atoms with van der Waals surface area (Å²) in [6, 6.07) is 12.1. The molecule has 1 aromatic carbocycles. The van der Waals surface area contributed by atoms with Crippen LogP contribution < -0.4 is 11.2 Å². The van der Waals surface area contributed by atoms with Gasteiger partial charge in [-0.3, -0.25) is 13.9 Å². The van der Waals surface area contributed by atoms with E-state index in [2.05, 4.69) is 17.0 Å². The van der Waals surface area contributed by atoms with Gasteiger partial charge in [0.1, 0.15) is 16.7 Å². The van der Waals surface area contributed by atoms with E-state index >= 15 is 0 Å². The first-order valence-corrected chi connectivity index (χ1v) is 8.49. The molecule has 0 saturated heterocycles. The van der Waals surface area contributed by atoms with Gasteiger partial charge in [0.05, 0.1) is 0 Å². The maximum Gasteiger partial charge on any atom is 0.331 e. The van der Waals surface area contributed by atoms with E-state index in [9.17, 15) is 14.9 Å². The zero-order chi connectivity index (χ0) is 17.7. The van der Waals surface area contributed by atoms with Gasteiger partial charge in [-0.25, -0.2) is 4.79 Å². The predicted octanol–water partition coefficient (Wildman–Crippen LogP) is 1.18. The highest BCUT2D eigenvalue weighted by atomic mass is 32.2. The van der Waals surface area contributed by atoms with Crippen molar-refractivity contribution in [2.75, 3.05) is 19.3 Å². The minimum absolute atomic E-state index is 0.0234. The average Bonchev–Trinajstić information content (AvgIpc) is 2.58. The molecule has 0 atom stereocenters. The van der Waals surface area contributed by atoms with Crippen LogP contribution in [0.25, 0.3) is 0 Å². The molecule has 1 heterocycles. The van der Waals surface area contributed by atoms with Crippen molar-refractivity contribution in [2.24, 2.45) is 14.1 Å². The van der Waals surface area contributed by atoms with Gasteiger partial charge in [-0.15, -0.1) is 11.8 Å². The topological polar surface area (TPSA) is 71.0 Å². The number of aromatic nitrogens is 2. The van der Waals surface area contributed by atoms with Gasteiger partial charge >= 0.3 is 5.69 Å². The normalized spacial score (nSPS) is 10.8. The van der Waals surface area contributed by atoms with Crippen LogP contribution in [0.1, 0.15) is 11.1 Å². The monoisotopic (exact) mass is 344 g/mol. The lowest BCUT2D eigenvalue weighted by Gasteiger charge is -2.17. The first-order valence-electron chi connectivity index (χ1n) is 7.51. The van der Waals surface area contributed by atoms with E-state index in [1.54, 1.807) is 7.05 Å². The third-order valence-corrected chi connectivity index (χ3v) is 4.87. The summed E-state index contributed by atoms with van der Waals surface area (Å²) in [5.41, 5.74) is 0.291. The Morgan fingerprint density at radius 2 is 1.83 bits per heavy atom. The van der Waals surface area contributed by atoms with Crippen molar-refractivity contribution in [3.8, 4) is 6.07 Å². The molecule has 126 valence electrons. The molecule has 0 spiro atoms. The minimum atomic E-state index is -0.541. The van der Waals surface area contributed by atoms with Crippen molar-refractivity contribution in [2.45, 2.75) is 11.6 Å². The lowest BCUT2D eigenvalue weighted by Crippen LogP contribution is -2.39. The Balaban J connectivity index is 2.06. The van der Waals surface area contributed by atoms with Crippen LogP contribution in [0.15, 0.2) is 44.9 Å². The summed E-state index contributed by atoms with van der Waals surface area (Å²) < 4.78 is 2.33. The third-order valence-electron chi connectivity index (χ3n) is 3.73. The number of hydrogen-bond acceptors (Lipinski definition) is 5.